The van der Waals surface area contributed by atoms with Crippen LogP contribution in [0.15, 0.2) is 0 Å². The molecule has 0 aliphatic carbocycles. The van der Waals surface area contributed by atoms with Gasteiger partial charge in [-0.3, -0.25) is 4.90 Å². The van der Waals surface area contributed by atoms with E-state index in [0.29, 0.717) is 6.04 Å². The first kappa shape index (κ1) is 13.9. The van der Waals surface area contributed by atoms with Crippen LogP contribution in [0.2, 0.25) is 0 Å². The molecule has 0 spiro atoms. The molecule has 3 nitrogen and oxygen atoms in total. The predicted molar refractivity (Wildman–Crippen MR) is 68.8 cm³/mol. The average Bonchev–Trinajstić information content (AvgIpc) is 2.23. The molecular formula is C13H28N2O. The Bertz CT molecular complexity index is 190. The van der Waals surface area contributed by atoms with Crippen LogP contribution in [0.5, 0.6) is 0 Å². The first-order chi connectivity index (χ1) is 7.57. The molecule has 0 radical (unpaired) electrons. The van der Waals surface area contributed by atoms with E-state index in [0.717, 1.165) is 19.7 Å². The summed E-state index contributed by atoms with van der Waals surface area (Å²) in [7, 11) is 2.06. The summed E-state index contributed by atoms with van der Waals surface area (Å²) < 4.78 is 5.71. The van der Waals surface area contributed by atoms with E-state index >= 15 is 0 Å². The molecule has 1 fully saturated rings. The molecule has 1 aliphatic rings. The van der Waals surface area contributed by atoms with Crippen molar-refractivity contribution in [2.24, 2.45) is 0 Å². The van der Waals surface area contributed by atoms with Crippen molar-refractivity contribution in [2.45, 2.75) is 51.7 Å². The van der Waals surface area contributed by atoms with E-state index in [1.807, 2.05) is 0 Å². The Labute approximate surface area is 101 Å². The van der Waals surface area contributed by atoms with Crippen LogP contribution in [-0.4, -0.2) is 49.8 Å². The van der Waals surface area contributed by atoms with E-state index in [9.17, 15) is 0 Å². The Kier molecular flexibility index (Phi) is 5.73. The number of hydrogen-bond donors (Lipinski definition) is 1. The van der Waals surface area contributed by atoms with Crippen LogP contribution < -0.4 is 5.32 Å². The second kappa shape index (κ2) is 6.58. The third-order valence-corrected chi connectivity index (χ3v) is 3.43. The SMILES string of the molecule is CCC(CCCN1CCOC(C)(C)C1)NC. The standard InChI is InChI=1S/C13H28N2O/c1-5-12(14-4)7-6-8-15-9-10-16-13(2,3)11-15/h12,14H,5-11H2,1-4H3. The lowest BCUT2D eigenvalue weighted by atomic mass is 10.1. The molecule has 1 heterocycles. The summed E-state index contributed by atoms with van der Waals surface area (Å²) in [4.78, 5) is 2.53. The van der Waals surface area contributed by atoms with Crippen molar-refractivity contribution in [1.29, 1.82) is 0 Å². The fourth-order valence-electron chi connectivity index (χ4n) is 2.42. The Morgan fingerprint density at radius 2 is 2.19 bits per heavy atom. The zero-order valence-electron chi connectivity index (χ0n) is 11.4. The summed E-state index contributed by atoms with van der Waals surface area (Å²) in [5, 5.41) is 3.36. The highest BCUT2D eigenvalue weighted by atomic mass is 16.5. The second-order valence-electron chi connectivity index (χ2n) is 5.42. The first-order valence-corrected chi connectivity index (χ1v) is 6.61. The quantitative estimate of drug-likeness (QED) is 0.751. The number of nitrogens with one attached hydrogen (secondary N) is 1. The van der Waals surface area contributed by atoms with Crippen molar-refractivity contribution < 1.29 is 4.74 Å². The van der Waals surface area contributed by atoms with E-state index in [-0.39, 0.29) is 5.60 Å². The molecule has 3 heteroatoms. The highest BCUT2D eigenvalue weighted by Gasteiger charge is 2.26. The van der Waals surface area contributed by atoms with Crippen LogP contribution in [0.4, 0.5) is 0 Å². The van der Waals surface area contributed by atoms with Gasteiger partial charge in [0.1, 0.15) is 0 Å². The van der Waals surface area contributed by atoms with Gasteiger partial charge in [0.05, 0.1) is 12.2 Å². The molecule has 1 saturated heterocycles. The van der Waals surface area contributed by atoms with Crippen LogP contribution >= 0.6 is 0 Å². The first-order valence-electron chi connectivity index (χ1n) is 6.61. The van der Waals surface area contributed by atoms with Crippen molar-refractivity contribution >= 4 is 0 Å². The highest BCUT2D eigenvalue weighted by molar-refractivity contribution is 4.79. The average molecular weight is 228 g/mol. The smallest absolute Gasteiger partial charge is 0.0753 e. The lowest BCUT2D eigenvalue weighted by Gasteiger charge is -2.38. The van der Waals surface area contributed by atoms with Crippen LogP contribution in [0.25, 0.3) is 0 Å². The summed E-state index contributed by atoms with van der Waals surface area (Å²) in [5.74, 6) is 0. The minimum Gasteiger partial charge on any atom is -0.373 e. The number of nitrogens with zero attached hydrogens (tertiary/aromatic N) is 1. The van der Waals surface area contributed by atoms with Gasteiger partial charge >= 0.3 is 0 Å². The van der Waals surface area contributed by atoms with E-state index in [1.165, 1.54) is 25.8 Å². The van der Waals surface area contributed by atoms with Gasteiger partial charge in [-0.25, -0.2) is 0 Å². The number of hydrogen-bond acceptors (Lipinski definition) is 3. The molecule has 16 heavy (non-hydrogen) atoms. The molecule has 1 rings (SSSR count). The molecule has 96 valence electrons. The lowest BCUT2D eigenvalue weighted by molar-refractivity contribution is -0.0861. The Morgan fingerprint density at radius 1 is 1.44 bits per heavy atom. The minimum absolute atomic E-state index is 0.0470. The van der Waals surface area contributed by atoms with Gasteiger partial charge in [-0.2, -0.15) is 0 Å². The number of rotatable bonds is 6. The summed E-state index contributed by atoms with van der Waals surface area (Å²) in [5.41, 5.74) is 0.0470. The molecule has 0 aromatic heterocycles. The molecule has 0 aromatic carbocycles. The van der Waals surface area contributed by atoms with Gasteiger partial charge in [-0.15, -0.1) is 0 Å². The summed E-state index contributed by atoms with van der Waals surface area (Å²) >= 11 is 0. The maximum Gasteiger partial charge on any atom is 0.0753 e. The zero-order valence-corrected chi connectivity index (χ0v) is 11.4. The number of morpholine rings is 1. The second-order valence-corrected chi connectivity index (χ2v) is 5.42. The molecule has 0 bridgehead atoms. The van der Waals surface area contributed by atoms with Gasteiger partial charge in [0.25, 0.3) is 0 Å². The highest BCUT2D eigenvalue weighted by Crippen LogP contribution is 2.16. The summed E-state index contributed by atoms with van der Waals surface area (Å²) in [6.45, 7) is 10.9. The summed E-state index contributed by atoms with van der Waals surface area (Å²) in [6, 6.07) is 0.689. The van der Waals surface area contributed by atoms with Crippen LogP contribution in [0.1, 0.15) is 40.0 Å². The maximum atomic E-state index is 5.71. The fraction of sp³-hybridized carbons (Fsp3) is 1.00. The van der Waals surface area contributed by atoms with Crippen molar-refractivity contribution in [2.75, 3.05) is 33.3 Å². The van der Waals surface area contributed by atoms with E-state index in [2.05, 4.69) is 38.0 Å². The Balaban J connectivity index is 2.17. The van der Waals surface area contributed by atoms with Gasteiger partial charge in [-0.05, 0) is 46.7 Å². The molecular weight excluding hydrogens is 200 g/mol. The van der Waals surface area contributed by atoms with Gasteiger partial charge < -0.3 is 10.1 Å². The fourth-order valence-corrected chi connectivity index (χ4v) is 2.42. The largest absolute Gasteiger partial charge is 0.373 e. The minimum atomic E-state index is 0.0470. The molecule has 1 N–H and O–H groups in total. The molecule has 0 saturated carbocycles. The topological polar surface area (TPSA) is 24.5 Å². The van der Waals surface area contributed by atoms with E-state index < -0.39 is 0 Å². The molecule has 1 aliphatic heterocycles. The van der Waals surface area contributed by atoms with Crippen LogP contribution in [0.3, 0.4) is 0 Å². The lowest BCUT2D eigenvalue weighted by Crippen LogP contribution is -2.48. The summed E-state index contributed by atoms with van der Waals surface area (Å²) in [6.07, 6.45) is 3.80. The van der Waals surface area contributed by atoms with Crippen molar-refractivity contribution in [3.8, 4) is 0 Å². The number of ether oxygens (including phenoxy) is 1. The normalized spacial score (nSPS) is 23.2. The van der Waals surface area contributed by atoms with Gasteiger partial charge in [0, 0.05) is 19.1 Å². The van der Waals surface area contributed by atoms with Gasteiger partial charge in [-0.1, -0.05) is 6.92 Å². The van der Waals surface area contributed by atoms with Crippen LogP contribution in [0, 0.1) is 0 Å². The van der Waals surface area contributed by atoms with Crippen molar-refractivity contribution in [1.82, 2.24) is 10.2 Å². The zero-order chi connectivity index (χ0) is 12.0. The third kappa shape index (κ3) is 4.81. The van der Waals surface area contributed by atoms with Crippen molar-refractivity contribution in [3.63, 3.8) is 0 Å². The molecule has 1 unspecified atom stereocenters. The monoisotopic (exact) mass is 228 g/mol. The van der Waals surface area contributed by atoms with Crippen LogP contribution in [-0.2, 0) is 4.74 Å². The third-order valence-electron chi connectivity index (χ3n) is 3.43. The Morgan fingerprint density at radius 3 is 2.75 bits per heavy atom. The van der Waals surface area contributed by atoms with Gasteiger partial charge in [0.2, 0.25) is 0 Å². The molecule has 0 aromatic rings. The maximum absolute atomic E-state index is 5.71. The Hall–Kier alpha value is -0.120. The van der Waals surface area contributed by atoms with E-state index in [4.69, 9.17) is 4.74 Å². The van der Waals surface area contributed by atoms with Crippen molar-refractivity contribution in [3.05, 3.63) is 0 Å². The van der Waals surface area contributed by atoms with E-state index in [1.54, 1.807) is 0 Å². The predicted octanol–water partition coefficient (Wildman–Crippen LogP) is 1.88. The van der Waals surface area contributed by atoms with Gasteiger partial charge in [0.15, 0.2) is 0 Å². The molecule has 0 amide bonds. The molecule has 1 atom stereocenters.